The van der Waals surface area contributed by atoms with Gasteiger partial charge in [-0.3, -0.25) is 4.79 Å². The molecule has 1 fully saturated rings. The molecule has 2 atom stereocenters. The number of rotatable bonds is 6. The van der Waals surface area contributed by atoms with Crippen molar-refractivity contribution in [3.8, 4) is 0 Å². The van der Waals surface area contributed by atoms with Crippen LogP contribution in [0.25, 0.3) is 0 Å². The van der Waals surface area contributed by atoms with Crippen LogP contribution in [0.1, 0.15) is 23.6 Å². The van der Waals surface area contributed by atoms with Crippen LogP contribution in [0.4, 0.5) is 4.39 Å². The van der Waals surface area contributed by atoms with Crippen molar-refractivity contribution in [2.75, 3.05) is 19.8 Å². The number of carbonyl (C=O) groups is 1. The molecule has 25 heavy (non-hydrogen) atoms. The molecule has 0 spiro atoms. The van der Waals surface area contributed by atoms with Crippen molar-refractivity contribution in [1.82, 2.24) is 4.90 Å². The van der Waals surface area contributed by atoms with E-state index in [-0.39, 0.29) is 30.9 Å². The summed E-state index contributed by atoms with van der Waals surface area (Å²) in [6.45, 7) is 0.671. The third-order valence-corrected chi connectivity index (χ3v) is 4.44. The van der Waals surface area contributed by atoms with Crippen molar-refractivity contribution >= 4 is 5.91 Å². The molecule has 2 aromatic rings. The third kappa shape index (κ3) is 4.65. The molecule has 0 aromatic heterocycles. The largest absolute Gasteiger partial charge is 0.391 e. The number of halogens is 1. The van der Waals surface area contributed by atoms with Gasteiger partial charge in [0.1, 0.15) is 12.4 Å². The number of amides is 1. The lowest BCUT2D eigenvalue weighted by Gasteiger charge is -2.24. The van der Waals surface area contributed by atoms with Crippen molar-refractivity contribution < 1.29 is 19.0 Å². The molecule has 132 valence electrons. The highest BCUT2D eigenvalue weighted by Gasteiger charge is 2.35. The number of aliphatic hydroxyl groups excluding tert-OH is 1. The van der Waals surface area contributed by atoms with E-state index < -0.39 is 6.10 Å². The molecular weight excluding hydrogens is 321 g/mol. The fraction of sp³-hybridized carbons (Fsp3) is 0.350. The van der Waals surface area contributed by atoms with Gasteiger partial charge in [-0.25, -0.2) is 4.39 Å². The molecule has 2 unspecified atom stereocenters. The molecule has 2 aromatic carbocycles. The first-order valence-corrected chi connectivity index (χ1v) is 8.48. The summed E-state index contributed by atoms with van der Waals surface area (Å²) >= 11 is 0. The predicted molar refractivity (Wildman–Crippen MR) is 92.4 cm³/mol. The monoisotopic (exact) mass is 343 g/mol. The zero-order valence-electron chi connectivity index (χ0n) is 14.0. The average molecular weight is 343 g/mol. The summed E-state index contributed by atoms with van der Waals surface area (Å²) < 4.78 is 19.0. The van der Waals surface area contributed by atoms with Crippen LogP contribution in [-0.2, 0) is 16.0 Å². The van der Waals surface area contributed by atoms with E-state index in [4.69, 9.17) is 4.74 Å². The van der Waals surface area contributed by atoms with E-state index in [1.165, 1.54) is 12.1 Å². The van der Waals surface area contributed by atoms with Crippen molar-refractivity contribution in [3.05, 3.63) is 71.5 Å². The molecule has 0 bridgehead atoms. The second-order valence-electron chi connectivity index (χ2n) is 6.29. The Kier molecular flexibility index (Phi) is 5.79. The summed E-state index contributed by atoms with van der Waals surface area (Å²) in [5.41, 5.74) is 1.86. The summed E-state index contributed by atoms with van der Waals surface area (Å²) in [6.07, 6.45) is 0.560. The Balaban J connectivity index is 1.54. The normalized spacial score (nSPS) is 20.0. The van der Waals surface area contributed by atoms with Gasteiger partial charge in [0.15, 0.2) is 0 Å². The van der Waals surface area contributed by atoms with Gasteiger partial charge in [-0.15, -0.1) is 0 Å². The number of ether oxygens (including phenoxy) is 1. The summed E-state index contributed by atoms with van der Waals surface area (Å²) in [7, 11) is 0. The number of likely N-dealkylation sites (tertiary alicyclic amines) is 1. The topological polar surface area (TPSA) is 49.8 Å². The lowest BCUT2D eigenvalue weighted by Crippen LogP contribution is -2.34. The Bertz CT molecular complexity index is 707. The Morgan fingerprint density at radius 2 is 2.00 bits per heavy atom. The smallest absolute Gasteiger partial charge is 0.249 e. The minimum atomic E-state index is -0.596. The molecule has 1 saturated heterocycles. The lowest BCUT2D eigenvalue weighted by molar-refractivity contribution is -0.137. The Morgan fingerprint density at radius 1 is 1.20 bits per heavy atom. The fourth-order valence-corrected chi connectivity index (χ4v) is 3.20. The van der Waals surface area contributed by atoms with E-state index in [1.54, 1.807) is 17.0 Å². The van der Waals surface area contributed by atoms with Gasteiger partial charge in [-0.1, -0.05) is 42.5 Å². The van der Waals surface area contributed by atoms with E-state index in [1.807, 2.05) is 30.3 Å². The van der Waals surface area contributed by atoms with Gasteiger partial charge < -0.3 is 14.7 Å². The molecule has 1 aliphatic rings. The van der Waals surface area contributed by atoms with Crippen molar-refractivity contribution in [2.45, 2.75) is 25.0 Å². The molecule has 3 rings (SSSR count). The Hall–Kier alpha value is -2.24. The maximum absolute atomic E-state index is 13.5. The Labute approximate surface area is 146 Å². The van der Waals surface area contributed by atoms with Crippen LogP contribution in [0, 0.1) is 5.82 Å². The van der Waals surface area contributed by atoms with Crippen molar-refractivity contribution in [2.24, 2.45) is 0 Å². The van der Waals surface area contributed by atoms with Gasteiger partial charge in [-0.05, 0) is 36.1 Å². The fourth-order valence-electron chi connectivity index (χ4n) is 3.20. The van der Waals surface area contributed by atoms with E-state index in [2.05, 4.69) is 0 Å². The summed E-state index contributed by atoms with van der Waals surface area (Å²) in [5.74, 6) is -0.524. The molecule has 4 nitrogen and oxygen atoms in total. The van der Waals surface area contributed by atoms with E-state index in [9.17, 15) is 14.3 Å². The molecule has 1 amide bonds. The average Bonchev–Trinajstić information content (AvgIpc) is 3.01. The maximum atomic E-state index is 13.5. The van der Waals surface area contributed by atoms with Crippen molar-refractivity contribution in [3.63, 3.8) is 0 Å². The van der Waals surface area contributed by atoms with Gasteiger partial charge in [-0.2, -0.15) is 0 Å². The van der Waals surface area contributed by atoms with Crippen LogP contribution in [0.2, 0.25) is 0 Å². The van der Waals surface area contributed by atoms with Crippen LogP contribution in [-0.4, -0.2) is 41.8 Å². The Morgan fingerprint density at radius 3 is 2.76 bits per heavy atom. The second-order valence-corrected chi connectivity index (χ2v) is 6.29. The van der Waals surface area contributed by atoms with Crippen LogP contribution in [0.3, 0.4) is 0 Å². The van der Waals surface area contributed by atoms with Gasteiger partial charge >= 0.3 is 0 Å². The first kappa shape index (κ1) is 17.6. The zero-order chi connectivity index (χ0) is 17.6. The minimum Gasteiger partial charge on any atom is -0.391 e. The van der Waals surface area contributed by atoms with Crippen LogP contribution < -0.4 is 0 Å². The van der Waals surface area contributed by atoms with E-state index in [0.29, 0.717) is 18.6 Å². The first-order valence-electron chi connectivity index (χ1n) is 8.48. The minimum absolute atomic E-state index is 0.0363. The standard InChI is InChI=1S/C20H22FNO3/c21-17-8-4-7-16(11-17)19-12-18(23)13-22(19)20(24)14-25-10-9-15-5-2-1-3-6-15/h1-8,11,18-19,23H,9-10,12-14H2. The SMILES string of the molecule is O=C(COCCc1ccccc1)N1CC(O)CC1c1cccc(F)c1. The molecule has 1 aliphatic heterocycles. The van der Waals surface area contributed by atoms with Crippen molar-refractivity contribution in [1.29, 1.82) is 0 Å². The highest BCUT2D eigenvalue weighted by atomic mass is 19.1. The zero-order valence-corrected chi connectivity index (χ0v) is 14.0. The lowest BCUT2D eigenvalue weighted by atomic mass is 10.0. The highest BCUT2D eigenvalue weighted by molar-refractivity contribution is 5.78. The molecular formula is C20H22FNO3. The van der Waals surface area contributed by atoms with Crippen LogP contribution in [0.5, 0.6) is 0 Å². The number of carbonyl (C=O) groups excluding carboxylic acids is 1. The number of hydrogen-bond acceptors (Lipinski definition) is 3. The second kappa shape index (κ2) is 8.23. The summed E-state index contributed by atoms with van der Waals surface area (Å²) in [5, 5.41) is 9.94. The van der Waals surface area contributed by atoms with Gasteiger partial charge in [0.2, 0.25) is 5.91 Å². The van der Waals surface area contributed by atoms with Crippen LogP contribution in [0.15, 0.2) is 54.6 Å². The molecule has 1 heterocycles. The molecule has 1 N–H and O–H groups in total. The van der Waals surface area contributed by atoms with Gasteiger partial charge in [0.05, 0.1) is 18.8 Å². The van der Waals surface area contributed by atoms with E-state index in [0.717, 1.165) is 12.0 Å². The molecule has 0 saturated carbocycles. The quantitative estimate of drug-likeness (QED) is 0.821. The maximum Gasteiger partial charge on any atom is 0.249 e. The number of nitrogens with zero attached hydrogens (tertiary/aromatic N) is 1. The number of hydrogen-bond donors (Lipinski definition) is 1. The summed E-state index contributed by atoms with van der Waals surface area (Å²) in [6, 6.07) is 15.8. The third-order valence-electron chi connectivity index (χ3n) is 4.44. The number of β-amino-alcohol motifs (C(OH)–C–C–N with tert-alkyl or cyclic N) is 1. The molecule has 0 radical (unpaired) electrons. The predicted octanol–water partition coefficient (Wildman–Crippen LogP) is 2.72. The van der Waals surface area contributed by atoms with Gasteiger partial charge in [0, 0.05) is 6.54 Å². The first-order chi connectivity index (χ1) is 12.1. The molecule has 5 heteroatoms. The number of aliphatic hydroxyl groups is 1. The number of benzene rings is 2. The summed E-state index contributed by atoms with van der Waals surface area (Å²) in [4.78, 5) is 14.1. The van der Waals surface area contributed by atoms with E-state index >= 15 is 0 Å². The molecule has 0 aliphatic carbocycles. The van der Waals surface area contributed by atoms with Gasteiger partial charge in [0.25, 0.3) is 0 Å². The highest BCUT2D eigenvalue weighted by Crippen LogP contribution is 2.32. The van der Waals surface area contributed by atoms with Crippen LogP contribution >= 0.6 is 0 Å².